The first kappa shape index (κ1) is 27.3. The van der Waals surface area contributed by atoms with Gasteiger partial charge >= 0.3 is 17.9 Å². The average molecular weight is 452 g/mol. The summed E-state index contributed by atoms with van der Waals surface area (Å²) in [7, 11) is 0. The van der Waals surface area contributed by atoms with Crippen LogP contribution in [-0.4, -0.2) is 54.4 Å². The summed E-state index contributed by atoms with van der Waals surface area (Å²) in [5.41, 5.74) is -1.55. The normalized spacial score (nSPS) is 12.0. The minimum absolute atomic E-state index is 0.205. The van der Waals surface area contributed by atoms with E-state index in [9.17, 15) is 14.4 Å². The largest absolute Gasteiger partial charge is 0.480 e. The lowest BCUT2D eigenvalue weighted by Crippen LogP contribution is -2.40. The van der Waals surface area contributed by atoms with E-state index in [-0.39, 0.29) is 19.7 Å². The molecule has 0 bridgehead atoms. The van der Waals surface area contributed by atoms with E-state index < -0.39 is 34.7 Å². The van der Waals surface area contributed by atoms with Crippen molar-refractivity contribution in [2.75, 3.05) is 24.6 Å². The second-order valence-electron chi connectivity index (χ2n) is 10.4. The third kappa shape index (κ3) is 11.6. The van der Waals surface area contributed by atoms with Gasteiger partial charge in [0.2, 0.25) is 0 Å². The molecular formula is C24H37NO7. The number of para-hydroxylation sites is 2. The summed E-state index contributed by atoms with van der Waals surface area (Å²) in [6.45, 7) is 15.2. The number of carbonyl (C=O) groups is 3. The molecule has 8 nitrogen and oxygen atoms in total. The second kappa shape index (κ2) is 10.7. The van der Waals surface area contributed by atoms with Crippen molar-refractivity contribution in [3.8, 4) is 5.75 Å². The molecule has 0 radical (unpaired) electrons. The summed E-state index contributed by atoms with van der Waals surface area (Å²) in [4.78, 5) is 38.6. The van der Waals surface area contributed by atoms with Gasteiger partial charge in [0.25, 0.3) is 0 Å². The first-order valence-corrected chi connectivity index (χ1v) is 10.6. The summed E-state index contributed by atoms with van der Waals surface area (Å²) < 4.78 is 21.8. The molecule has 0 aliphatic heterocycles. The number of benzene rings is 1. The van der Waals surface area contributed by atoms with Gasteiger partial charge in [-0.05, 0) is 74.4 Å². The van der Waals surface area contributed by atoms with Crippen molar-refractivity contribution in [2.45, 2.75) is 79.1 Å². The molecule has 0 unspecified atom stereocenters. The molecule has 0 atom stereocenters. The molecule has 0 amide bonds. The van der Waals surface area contributed by atoms with Gasteiger partial charge in [0.1, 0.15) is 35.6 Å². The number of esters is 3. The maximum Gasteiger partial charge on any atom is 0.344 e. The molecule has 1 aromatic rings. The van der Waals surface area contributed by atoms with E-state index in [4.69, 9.17) is 18.9 Å². The predicted octanol–water partition coefficient (Wildman–Crippen LogP) is 3.90. The number of ether oxygens (including phenoxy) is 4. The molecule has 8 heteroatoms. The Bertz CT molecular complexity index is 768. The van der Waals surface area contributed by atoms with E-state index in [0.717, 1.165) is 0 Å². The highest BCUT2D eigenvalue weighted by molar-refractivity contribution is 5.83. The van der Waals surface area contributed by atoms with Gasteiger partial charge in [-0.1, -0.05) is 12.1 Å². The Morgan fingerprint density at radius 3 is 1.53 bits per heavy atom. The average Bonchev–Trinajstić information content (AvgIpc) is 2.54. The quantitative estimate of drug-likeness (QED) is 0.434. The summed E-state index contributed by atoms with van der Waals surface area (Å²) in [6, 6.07) is 6.82. The number of rotatable bonds is 8. The van der Waals surface area contributed by atoms with Crippen molar-refractivity contribution in [1.29, 1.82) is 0 Å². The third-order valence-corrected chi connectivity index (χ3v) is 3.45. The topological polar surface area (TPSA) is 91.4 Å². The molecule has 0 aromatic heterocycles. The first-order valence-electron chi connectivity index (χ1n) is 10.6. The van der Waals surface area contributed by atoms with Crippen molar-refractivity contribution < 1.29 is 33.3 Å². The summed E-state index contributed by atoms with van der Waals surface area (Å²) in [6.07, 6.45) is 0. The molecule has 1 aromatic carbocycles. The smallest absolute Gasteiger partial charge is 0.344 e. The molecule has 1 rings (SSSR count). The van der Waals surface area contributed by atoms with Crippen LogP contribution < -0.4 is 9.64 Å². The third-order valence-electron chi connectivity index (χ3n) is 3.45. The Morgan fingerprint density at radius 2 is 1.09 bits per heavy atom. The minimum atomic E-state index is -0.679. The van der Waals surface area contributed by atoms with Crippen molar-refractivity contribution in [2.24, 2.45) is 0 Å². The highest BCUT2D eigenvalue weighted by atomic mass is 16.6. The molecule has 0 spiro atoms. The van der Waals surface area contributed by atoms with E-state index in [1.54, 1.807) is 86.6 Å². The molecule has 0 saturated heterocycles. The fourth-order valence-corrected chi connectivity index (χ4v) is 2.63. The zero-order valence-corrected chi connectivity index (χ0v) is 20.7. The van der Waals surface area contributed by atoms with Crippen LogP contribution >= 0.6 is 0 Å². The van der Waals surface area contributed by atoms with Gasteiger partial charge in [0, 0.05) is 0 Å². The van der Waals surface area contributed by atoms with Gasteiger partial charge in [-0.25, -0.2) is 4.79 Å². The van der Waals surface area contributed by atoms with Crippen LogP contribution in [0, 0.1) is 0 Å². The van der Waals surface area contributed by atoms with Crippen molar-refractivity contribution >= 4 is 23.6 Å². The lowest BCUT2D eigenvalue weighted by molar-refractivity contribution is -0.158. The van der Waals surface area contributed by atoms with Gasteiger partial charge in [0.15, 0.2) is 6.61 Å². The number of hydrogen-bond acceptors (Lipinski definition) is 8. The Labute approximate surface area is 191 Å². The van der Waals surface area contributed by atoms with Crippen LogP contribution in [0.2, 0.25) is 0 Å². The molecule has 0 N–H and O–H groups in total. The standard InChI is InChI=1S/C24H37NO7/c1-22(2,3)30-19(26)14-25(15-20(27)31-23(4,5)6)17-12-10-11-13-18(17)29-16-21(28)32-24(7,8)9/h10-13H,14-16H2,1-9H3. The lowest BCUT2D eigenvalue weighted by atomic mass is 10.2. The zero-order chi connectivity index (χ0) is 24.7. The molecule has 32 heavy (non-hydrogen) atoms. The first-order chi connectivity index (χ1) is 14.5. The zero-order valence-electron chi connectivity index (χ0n) is 20.7. The van der Waals surface area contributed by atoms with Gasteiger partial charge in [-0.3, -0.25) is 9.59 Å². The van der Waals surface area contributed by atoms with Gasteiger partial charge in [-0.2, -0.15) is 0 Å². The maximum atomic E-state index is 12.5. The molecular weight excluding hydrogens is 414 g/mol. The van der Waals surface area contributed by atoms with Gasteiger partial charge < -0.3 is 23.8 Å². The van der Waals surface area contributed by atoms with Gasteiger partial charge in [-0.15, -0.1) is 0 Å². The molecule has 0 aliphatic rings. The van der Waals surface area contributed by atoms with Crippen molar-refractivity contribution in [3.05, 3.63) is 24.3 Å². The minimum Gasteiger partial charge on any atom is -0.480 e. The van der Waals surface area contributed by atoms with Crippen LogP contribution in [0.4, 0.5) is 5.69 Å². The number of nitrogens with zero attached hydrogens (tertiary/aromatic N) is 1. The fraction of sp³-hybridized carbons (Fsp3) is 0.625. The predicted molar refractivity (Wildman–Crippen MR) is 122 cm³/mol. The Kier molecular flexibility index (Phi) is 9.12. The van der Waals surface area contributed by atoms with Crippen LogP contribution in [0.25, 0.3) is 0 Å². The van der Waals surface area contributed by atoms with E-state index >= 15 is 0 Å². The molecule has 180 valence electrons. The Morgan fingerprint density at radius 1 is 0.688 bits per heavy atom. The lowest BCUT2D eigenvalue weighted by Gasteiger charge is -2.28. The molecule has 0 saturated carbocycles. The van der Waals surface area contributed by atoms with E-state index in [1.807, 2.05) is 0 Å². The van der Waals surface area contributed by atoms with Crippen molar-refractivity contribution in [1.82, 2.24) is 0 Å². The van der Waals surface area contributed by atoms with Crippen LogP contribution in [0.15, 0.2) is 24.3 Å². The van der Waals surface area contributed by atoms with Crippen molar-refractivity contribution in [3.63, 3.8) is 0 Å². The highest BCUT2D eigenvalue weighted by Gasteiger charge is 2.26. The fourth-order valence-electron chi connectivity index (χ4n) is 2.63. The molecule has 0 fully saturated rings. The van der Waals surface area contributed by atoms with Crippen LogP contribution in [-0.2, 0) is 28.6 Å². The number of anilines is 1. The maximum absolute atomic E-state index is 12.5. The summed E-state index contributed by atoms with van der Waals surface area (Å²) >= 11 is 0. The highest BCUT2D eigenvalue weighted by Crippen LogP contribution is 2.29. The number of hydrogen-bond donors (Lipinski definition) is 0. The number of carbonyl (C=O) groups excluding carboxylic acids is 3. The molecule has 0 aliphatic carbocycles. The van der Waals surface area contributed by atoms with E-state index in [0.29, 0.717) is 11.4 Å². The summed E-state index contributed by atoms with van der Waals surface area (Å²) in [5.74, 6) is -1.23. The monoisotopic (exact) mass is 451 g/mol. The summed E-state index contributed by atoms with van der Waals surface area (Å²) in [5, 5.41) is 0. The SMILES string of the molecule is CC(C)(C)OC(=O)COc1ccccc1N(CC(=O)OC(C)(C)C)CC(=O)OC(C)(C)C. The van der Waals surface area contributed by atoms with E-state index in [2.05, 4.69) is 0 Å². The molecule has 0 heterocycles. The van der Waals surface area contributed by atoms with E-state index in [1.165, 1.54) is 4.90 Å². The van der Waals surface area contributed by atoms with Crippen LogP contribution in [0.5, 0.6) is 5.75 Å². The second-order valence-corrected chi connectivity index (χ2v) is 10.4. The van der Waals surface area contributed by atoms with Crippen LogP contribution in [0.1, 0.15) is 62.3 Å². The van der Waals surface area contributed by atoms with Gasteiger partial charge in [0.05, 0.1) is 5.69 Å². The Hall–Kier alpha value is -2.77. The Balaban J connectivity index is 3.10. The van der Waals surface area contributed by atoms with Crippen LogP contribution in [0.3, 0.4) is 0 Å².